The van der Waals surface area contributed by atoms with Crippen LogP contribution >= 0.6 is 12.2 Å². The van der Waals surface area contributed by atoms with Gasteiger partial charge in [0, 0.05) is 20.2 Å². The summed E-state index contributed by atoms with van der Waals surface area (Å²) in [5.41, 5.74) is 7.77. The van der Waals surface area contributed by atoms with E-state index in [0.717, 1.165) is 37.4 Å². The highest BCUT2D eigenvalue weighted by atomic mass is 32.1. The second-order valence-corrected chi connectivity index (χ2v) is 6.11. The lowest BCUT2D eigenvalue weighted by atomic mass is 9.95. The highest BCUT2D eigenvalue weighted by molar-refractivity contribution is 7.80. The molecule has 1 saturated heterocycles. The maximum Gasteiger partial charge on any atom is 0.129 e. The Morgan fingerprint density at radius 3 is 2.81 bits per heavy atom. The van der Waals surface area contributed by atoms with E-state index in [0.29, 0.717) is 17.0 Å². The van der Waals surface area contributed by atoms with Crippen LogP contribution in [0.15, 0.2) is 18.2 Å². The highest BCUT2D eigenvalue weighted by Crippen LogP contribution is 2.24. The van der Waals surface area contributed by atoms with Crippen molar-refractivity contribution in [3.05, 3.63) is 29.3 Å². The SMILES string of the molecule is COc1ccc(CN2CCC(C)C(OC)C2)cc1C(N)=S. The van der Waals surface area contributed by atoms with E-state index in [1.54, 1.807) is 14.2 Å². The van der Waals surface area contributed by atoms with Gasteiger partial charge in [0.25, 0.3) is 0 Å². The van der Waals surface area contributed by atoms with E-state index in [-0.39, 0.29) is 0 Å². The summed E-state index contributed by atoms with van der Waals surface area (Å²) in [6, 6.07) is 6.03. The summed E-state index contributed by atoms with van der Waals surface area (Å²) in [6.07, 6.45) is 1.48. The molecule has 2 atom stereocenters. The fraction of sp³-hybridized carbons (Fsp3) is 0.562. The molecule has 1 aromatic carbocycles. The third-order valence-corrected chi connectivity index (χ3v) is 4.43. The molecule has 2 rings (SSSR count). The molecule has 21 heavy (non-hydrogen) atoms. The molecule has 0 spiro atoms. The summed E-state index contributed by atoms with van der Waals surface area (Å²) in [6.45, 7) is 5.19. The standard InChI is InChI=1S/C16H24N2O2S/c1-11-6-7-18(10-15(11)20-3)9-12-4-5-14(19-2)13(8-12)16(17)21/h4-5,8,11,15H,6-7,9-10H2,1-3H3,(H2,17,21). The van der Waals surface area contributed by atoms with Gasteiger partial charge in [0.05, 0.1) is 18.8 Å². The Kier molecular flexibility index (Phi) is 5.56. The van der Waals surface area contributed by atoms with Crippen LogP contribution in [0.4, 0.5) is 0 Å². The van der Waals surface area contributed by atoms with Crippen molar-refractivity contribution in [3.8, 4) is 5.75 Å². The Balaban J connectivity index is 2.09. The number of methoxy groups -OCH3 is 2. The van der Waals surface area contributed by atoms with Gasteiger partial charge in [-0.25, -0.2) is 0 Å². The highest BCUT2D eigenvalue weighted by Gasteiger charge is 2.26. The maximum atomic E-state index is 5.77. The molecule has 0 amide bonds. The molecule has 0 bridgehead atoms. The number of hydrogen-bond donors (Lipinski definition) is 1. The van der Waals surface area contributed by atoms with Crippen LogP contribution in [0.5, 0.6) is 5.75 Å². The molecule has 0 aliphatic carbocycles. The lowest BCUT2D eigenvalue weighted by Gasteiger charge is -2.36. The minimum Gasteiger partial charge on any atom is -0.496 e. The summed E-state index contributed by atoms with van der Waals surface area (Å²) in [5.74, 6) is 1.35. The van der Waals surface area contributed by atoms with Crippen LogP contribution in [-0.4, -0.2) is 43.3 Å². The number of nitrogens with two attached hydrogens (primary N) is 1. The van der Waals surface area contributed by atoms with Gasteiger partial charge in [0.1, 0.15) is 10.7 Å². The predicted molar refractivity (Wildman–Crippen MR) is 88.7 cm³/mol. The molecule has 1 fully saturated rings. The molecule has 4 nitrogen and oxygen atoms in total. The van der Waals surface area contributed by atoms with Gasteiger partial charge in [-0.1, -0.05) is 25.2 Å². The molecule has 1 aliphatic rings. The zero-order chi connectivity index (χ0) is 15.4. The van der Waals surface area contributed by atoms with Crippen molar-refractivity contribution in [1.82, 2.24) is 4.90 Å². The Morgan fingerprint density at radius 2 is 2.19 bits per heavy atom. The molecule has 1 aromatic rings. The Hall–Kier alpha value is -1.17. The minimum absolute atomic E-state index is 0.312. The van der Waals surface area contributed by atoms with Gasteiger partial charge in [-0.05, 0) is 36.6 Å². The Morgan fingerprint density at radius 1 is 1.43 bits per heavy atom. The normalized spacial score (nSPS) is 23.0. The molecule has 0 aromatic heterocycles. The fourth-order valence-electron chi connectivity index (χ4n) is 2.85. The second kappa shape index (κ2) is 7.20. The van der Waals surface area contributed by atoms with Crippen molar-refractivity contribution in [2.24, 2.45) is 11.7 Å². The minimum atomic E-state index is 0.312. The third-order valence-electron chi connectivity index (χ3n) is 4.21. The lowest BCUT2D eigenvalue weighted by molar-refractivity contribution is -0.00745. The Bertz CT molecular complexity index is 507. The lowest BCUT2D eigenvalue weighted by Crippen LogP contribution is -2.43. The van der Waals surface area contributed by atoms with Gasteiger partial charge in [0.15, 0.2) is 0 Å². The average molecular weight is 308 g/mol. The topological polar surface area (TPSA) is 47.7 Å². The Labute approximate surface area is 132 Å². The summed E-state index contributed by atoms with van der Waals surface area (Å²) in [5, 5.41) is 0. The van der Waals surface area contributed by atoms with Gasteiger partial charge in [-0.15, -0.1) is 0 Å². The van der Waals surface area contributed by atoms with Crippen LogP contribution in [0, 0.1) is 5.92 Å². The van der Waals surface area contributed by atoms with Gasteiger partial charge >= 0.3 is 0 Å². The number of benzene rings is 1. The molecule has 0 radical (unpaired) electrons. The first-order chi connectivity index (χ1) is 10.0. The van der Waals surface area contributed by atoms with Crippen LogP contribution in [0.25, 0.3) is 0 Å². The molecule has 2 N–H and O–H groups in total. The van der Waals surface area contributed by atoms with E-state index in [4.69, 9.17) is 27.4 Å². The van der Waals surface area contributed by atoms with Crippen molar-refractivity contribution in [3.63, 3.8) is 0 Å². The van der Waals surface area contributed by atoms with Crippen LogP contribution in [-0.2, 0) is 11.3 Å². The number of likely N-dealkylation sites (tertiary alicyclic amines) is 1. The van der Waals surface area contributed by atoms with Crippen LogP contribution in [0.3, 0.4) is 0 Å². The largest absolute Gasteiger partial charge is 0.496 e. The molecule has 1 heterocycles. The van der Waals surface area contributed by atoms with Gasteiger partial charge in [-0.3, -0.25) is 4.90 Å². The van der Waals surface area contributed by atoms with Crippen molar-refractivity contribution < 1.29 is 9.47 Å². The molecular weight excluding hydrogens is 284 g/mol. The van der Waals surface area contributed by atoms with E-state index >= 15 is 0 Å². The van der Waals surface area contributed by atoms with Gasteiger partial charge in [0.2, 0.25) is 0 Å². The molecular formula is C16H24N2O2S. The fourth-order valence-corrected chi connectivity index (χ4v) is 3.01. The third kappa shape index (κ3) is 3.93. The molecule has 0 saturated carbocycles. The zero-order valence-corrected chi connectivity index (χ0v) is 13.8. The van der Waals surface area contributed by atoms with E-state index in [2.05, 4.69) is 17.9 Å². The number of rotatable bonds is 5. The second-order valence-electron chi connectivity index (χ2n) is 5.67. The molecule has 116 valence electrons. The molecule has 5 heteroatoms. The van der Waals surface area contributed by atoms with Gasteiger partial charge in [-0.2, -0.15) is 0 Å². The van der Waals surface area contributed by atoms with Gasteiger partial charge < -0.3 is 15.2 Å². The number of nitrogens with zero attached hydrogens (tertiary/aromatic N) is 1. The smallest absolute Gasteiger partial charge is 0.129 e. The van der Waals surface area contributed by atoms with E-state index < -0.39 is 0 Å². The van der Waals surface area contributed by atoms with E-state index in [1.807, 2.05) is 12.1 Å². The monoisotopic (exact) mass is 308 g/mol. The number of ether oxygens (including phenoxy) is 2. The van der Waals surface area contributed by atoms with Crippen LogP contribution < -0.4 is 10.5 Å². The number of hydrogen-bond acceptors (Lipinski definition) is 4. The summed E-state index contributed by atoms with van der Waals surface area (Å²) < 4.78 is 10.9. The zero-order valence-electron chi connectivity index (χ0n) is 13.0. The predicted octanol–water partition coefficient (Wildman–Crippen LogP) is 2.19. The van der Waals surface area contributed by atoms with Crippen LogP contribution in [0.1, 0.15) is 24.5 Å². The first-order valence-corrected chi connectivity index (χ1v) is 7.67. The van der Waals surface area contributed by atoms with E-state index in [1.165, 1.54) is 5.56 Å². The van der Waals surface area contributed by atoms with E-state index in [9.17, 15) is 0 Å². The number of piperidine rings is 1. The van der Waals surface area contributed by atoms with Crippen LogP contribution in [0.2, 0.25) is 0 Å². The van der Waals surface area contributed by atoms with Crippen molar-refractivity contribution >= 4 is 17.2 Å². The average Bonchev–Trinajstić information content (AvgIpc) is 2.49. The van der Waals surface area contributed by atoms with Crippen molar-refractivity contribution in [1.29, 1.82) is 0 Å². The van der Waals surface area contributed by atoms with Crippen molar-refractivity contribution in [2.45, 2.75) is 26.0 Å². The first-order valence-electron chi connectivity index (χ1n) is 7.27. The summed E-state index contributed by atoms with van der Waals surface area (Å²) in [7, 11) is 3.43. The first kappa shape index (κ1) is 16.2. The quantitative estimate of drug-likeness (QED) is 0.845. The number of thiocarbonyl (C=S) groups is 1. The maximum absolute atomic E-state index is 5.77. The molecule has 1 aliphatic heterocycles. The summed E-state index contributed by atoms with van der Waals surface area (Å²) >= 11 is 5.10. The van der Waals surface area contributed by atoms with Crippen molar-refractivity contribution in [2.75, 3.05) is 27.3 Å². The summed E-state index contributed by atoms with van der Waals surface area (Å²) in [4.78, 5) is 2.79. The molecule has 2 unspecified atom stereocenters.